The smallest absolute Gasteiger partial charge is 0.303 e. The van der Waals surface area contributed by atoms with E-state index in [0.29, 0.717) is 12.3 Å². The van der Waals surface area contributed by atoms with Crippen molar-refractivity contribution in [2.24, 2.45) is 11.8 Å². The zero-order chi connectivity index (χ0) is 34.0. The average molecular weight is 669 g/mol. The van der Waals surface area contributed by atoms with Gasteiger partial charge in [0, 0.05) is 12.3 Å². The van der Waals surface area contributed by atoms with Crippen molar-refractivity contribution in [2.45, 2.75) is 187 Å². The molecule has 0 radical (unpaired) electrons. The van der Waals surface area contributed by atoms with Gasteiger partial charge in [-0.25, -0.2) is 0 Å². The molecule has 8 heteroatoms. The van der Waals surface area contributed by atoms with Gasteiger partial charge in [0.05, 0.1) is 18.3 Å². The van der Waals surface area contributed by atoms with Crippen LogP contribution in [-0.2, 0) is 18.1 Å². The summed E-state index contributed by atoms with van der Waals surface area (Å²) in [6.07, 6.45) is 17.9. The van der Waals surface area contributed by atoms with Crippen molar-refractivity contribution >= 4 is 30.9 Å². The topological polar surface area (TPSA) is 65.0 Å². The molecule has 5 nitrogen and oxygen atoms in total. The van der Waals surface area contributed by atoms with Crippen molar-refractivity contribution in [2.75, 3.05) is 0 Å². The Kier molecular flexibility index (Phi) is 16.6. The number of carbonyl (C=O) groups is 1. The summed E-state index contributed by atoms with van der Waals surface area (Å²) in [5, 5.41) is 9.34. The zero-order valence-electron chi connectivity index (χ0n) is 31.3. The first kappa shape index (κ1) is 41.5. The first-order valence-electron chi connectivity index (χ1n) is 17.7. The van der Waals surface area contributed by atoms with E-state index in [2.05, 4.69) is 119 Å². The van der Waals surface area contributed by atoms with Gasteiger partial charge in [-0.2, -0.15) is 0 Å². The summed E-state index contributed by atoms with van der Waals surface area (Å²) < 4.78 is 21.3. The van der Waals surface area contributed by atoms with E-state index >= 15 is 0 Å². The van der Waals surface area contributed by atoms with Gasteiger partial charge in [0.25, 0.3) is 0 Å². The van der Waals surface area contributed by atoms with Crippen molar-refractivity contribution in [3.8, 4) is 0 Å². The summed E-state index contributed by atoms with van der Waals surface area (Å²) in [5.41, 5.74) is 0. The molecule has 0 heterocycles. The summed E-state index contributed by atoms with van der Waals surface area (Å²) in [7, 11) is -5.77. The van der Waals surface area contributed by atoms with E-state index in [9.17, 15) is 4.79 Å². The van der Waals surface area contributed by atoms with Crippen LogP contribution in [0.4, 0.5) is 0 Å². The molecule has 0 spiro atoms. The fraction of sp³-hybridized carbons (Fsp3) is 0.861. The van der Waals surface area contributed by atoms with E-state index in [1.165, 1.54) is 19.3 Å². The minimum Gasteiger partial charge on any atom is -0.481 e. The summed E-state index contributed by atoms with van der Waals surface area (Å²) in [4.78, 5) is 11.0. The Bertz CT molecular complexity index is 914. The van der Waals surface area contributed by atoms with Gasteiger partial charge in [0.1, 0.15) is 0 Å². The molecule has 1 rings (SSSR count). The third-order valence-corrected chi connectivity index (χ3v) is 22.3. The molecule has 0 aromatic carbocycles. The Labute approximate surface area is 276 Å². The van der Waals surface area contributed by atoms with Gasteiger partial charge in [-0.15, -0.1) is 0 Å². The minimum atomic E-state index is -2.02. The monoisotopic (exact) mass is 668 g/mol. The highest BCUT2D eigenvalue weighted by atomic mass is 28.4. The highest BCUT2D eigenvalue weighted by Gasteiger charge is 2.49. The summed E-state index contributed by atoms with van der Waals surface area (Å²) in [5.74, 6) is -0.158. The molecule has 0 bridgehead atoms. The second-order valence-corrected chi connectivity index (χ2v) is 30.9. The number of hydrogen-bond donors (Lipinski definition) is 1. The largest absolute Gasteiger partial charge is 0.481 e. The van der Waals surface area contributed by atoms with Crippen LogP contribution in [0.15, 0.2) is 24.3 Å². The van der Waals surface area contributed by atoms with Crippen LogP contribution in [0.1, 0.15) is 113 Å². The quantitative estimate of drug-likeness (QED) is 0.0843. The zero-order valence-corrected chi connectivity index (χ0v) is 34.3. The van der Waals surface area contributed by atoms with Gasteiger partial charge in [0.2, 0.25) is 0 Å². The Morgan fingerprint density at radius 3 is 2.00 bits per heavy atom. The highest BCUT2D eigenvalue weighted by Crippen LogP contribution is 2.46. The predicted octanol–water partition coefficient (Wildman–Crippen LogP) is 11.4. The molecule has 258 valence electrons. The maximum atomic E-state index is 11.0. The second kappa shape index (κ2) is 17.6. The SMILES string of the molecule is CCCCC[C@@H](C=C[C@@H]1[C@@H](CC=CCCCC(=O)O)[C@@H](O[Si](C)(C)CC)C[C@H]1O[Si](C)(C)C(C)(C)C)O[Si](C)(C)C(C)(C)C. The number of carboxylic acid groups (broad SMARTS) is 1. The molecule has 1 saturated carbocycles. The molecule has 44 heavy (non-hydrogen) atoms. The van der Waals surface area contributed by atoms with Crippen molar-refractivity contribution in [1.82, 2.24) is 0 Å². The van der Waals surface area contributed by atoms with E-state index < -0.39 is 30.9 Å². The number of aliphatic carboxylic acids is 1. The standard InChI is InChI=1S/C36H72O5Si3/c1-15-17-20-23-29(39-43(11,12)35(3,4)5)26-27-31-30(24-21-18-19-22-25-34(37)38)32(40-42(9,10)16-2)28-33(31)41-44(13,14)36(6,7)8/h18,21,26-27,29-33H,15-17,19-20,22-25,28H2,1-14H3,(H,37,38)/t29-,30+,31+,32-,33+/m0/s1. The molecule has 0 amide bonds. The van der Waals surface area contributed by atoms with Gasteiger partial charge >= 0.3 is 5.97 Å². The lowest BCUT2D eigenvalue weighted by Crippen LogP contribution is -2.45. The molecule has 0 aliphatic heterocycles. The maximum Gasteiger partial charge on any atom is 0.303 e. The molecule has 0 unspecified atom stereocenters. The lowest BCUT2D eigenvalue weighted by atomic mass is 9.89. The van der Waals surface area contributed by atoms with Crippen LogP contribution < -0.4 is 0 Å². The molecule has 1 fully saturated rings. The van der Waals surface area contributed by atoms with Crippen LogP contribution in [-0.4, -0.2) is 54.3 Å². The van der Waals surface area contributed by atoms with E-state index in [-0.39, 0.29) is 40.7 Å². The number of hydrogen-bond acceptors (Lipinski definition) is 4. The third-order valence-electron chi connectivity index (χ3n) is 10.7. The lowest BCUT2D eigenvalue weighted by Gasteiger charge is -2.40. The summed E-state index contributed by atoms with van der Waals surface area (Å²) >= 11 is 0. The van der Waals surface area contributed by atoms with Crippen LogP contribution in [0.2, 0.25) is 55.4 Å². The van der Waals surface area contributed by atoms with Gasteiger partial charge in [-0.1, -0.05) is 99.0 Å². The van der Waals surface area contributed by atoms with Crippen LogP contribution in [0, 0.1) is 11.8 Å². The van der Waals surface area contributed by atoms with E-state index in [4.69, 9.17) is 18.4 Å². The van der Waals surface area contributed by atoms with E-state index in [1.54, 1.807) is 0 Å². The fourth-order valence-electron chi connectivity index (χ4n) is 5.31. The van der Waals surface area contributed by atoms with Gasteiger partial charge in [0.15, 0.2) is 25.0 Å². The molecule has 0 aromatic heterocycles. The average Bonchev–Trinajstić information content (AvgIpc) is 3.16. The Balaban J connectivity index is 3.51. The molecule has 0 saturated heterocycles. The third kappa shape index (κ3) is 13.7. The molecule has 1 N–H and O–H groups in total. The number of allylic oxidation sites excluding steroid dienone is 2. The lowest BCUT2D eigenvalue weighted by molar-refractivity contribution is -0.137. The Hall–Kier alpha value is -0.519. The van der Waals surface area contributed by atoms with Crippen LogP contribution in [0.25, 0.3) is 0 Å². The van der Waals surface area contributed by atoms with Crippen molar-refractivity contribution in [3.63, 3.8) is 0 Å². The van der Waals surface area contributed by atoms with E-state index in [1.807, 2.05) is 0 Å². The molecule has 5 atom stereocenters. The normalized spacial score (nSPS) is 23.2. The predicted molar refractivity (Wildman–Crippen MR) is 197 cm³/mol. The molecular formula is C36H72O5Si3. The maximum absolute atomic E-state index is 11.0. The van der Waals surface area contributed by atoms with E-state index in [0.717, 1.165) is 31.7 Å². The summed E-state index contributed by atoms with van der Waals surface area (Å²) in [6, 6.07) is 1.09. The van der Waals surface area contributed by atoms with Crippen LogP contribution >= 0.6 is 0 Å². The van der Waals surface area contributed by atoms with Gasteiger partial charge in [-0.05, 0) is 93.4 Å². The molecular weight excluding hydrogens is 597 g/mol. The van der Waals surface area contributed by atoms with Crippen molar-refractivity contribution in [1.29, 1.82) is 0 Å². The van der Waals surface area contributed by atoms with Crippen molar-refractivity contribution < 1.29 is 23.2 Å². The van der Waals surface area contributed by atoms with Crippen LogP contribution in [0.3, 0.4) is 0 Å². The Morgan fingerprint density at radius 1 is 0.864 bits per heavy atom. The van der Waals surface area contributed by atoms with Gasteiger partial charge in [-0.3, -0.25) is 4.79 Å². The second-order valence-electron chi connectivity index (χ2n) is 17.0. The minimum absolute atomic E-state index is 0.115. The highest BCUT2D eigenvalue weighted by molar-refractivity contribution is 6.74. The number of unbranched alkanes of at least 4 members (excludes halogenated alkanes) is 3. The summed E-state index contributed by atoms with van der Waals surface area (Å²) in [6.45, 7) is 32.7. The number of rotatable bonds is 19. The molecule has 0 aromatic rings. The van der Waals surface area contributed by atoms with Crippen LogP contribution in [0.5, 0.6) is 0 Å². The Morgan fingerprint density at radius 2 is 1.48 bits per heavy atom. The first-order valence-corrected chi connectivity index (χ1v) is 26.6. The first-order chi connectivity index (χ1) is 20.1. The van der Waals surface area contributed by atoms with Crippen molar-refractivity contribution in [3.05, 3.63) is 24.3 Å². The molecule has 1 aliphatic rings. The fourth-order valence-corrected chi connectivity index (χ4v) is 9.24. The molecule has 1 aliphatic carbocycles. The van der Waals surface area contributed by atoms with Gasteiger partial charge < -0.3 is 18.4 Å². The number of carboxylic acids is 1.